The zero-order chi connectivity index (χ0) is 16.8. The summed E-state index contributed by atoms with van der Waals surface area (Å²) in [6.07, 6.45) is 2.21. The van der Waals surface area contributed by atoms with Gasteiger partial charge in [0.25, 0.3) is 0 Å². The van der Waals surface area contributed by atoms with Gasteiger partial charge in [-0.2, -0.15) is 0 Å². The van der Waals surface area contributed by atoms with Crippen LogP contribution in [-0.4, -0.2) is 0 Å². The summed E-state index contributed by atoms with van der Waals surface area (Å²) >= 11 is 0. The maximum Gasteiger partial charge on any atom is 0.161 e. The van der Waals surface area contributed by atoms with Crippen LogP contribution in [0.1, 0.15) is 34.0 Å². The van der Waals surface area contributed by atoms with E-state index >= 15 is 0 Å². The van der Waals surface area contributed by atoms with Crippen LogP contribution in [0.3, 0.4) is 0 Å². The largest absolute Gasteiger partial charge is 0.349 e. The van der Waals surface area contributed by atoms with E-state index in [-0.39, 0.29) is 6.23 Å². The van der Waals surface area contributed by atoms with Crippen LogP contribution in [0.15, 0.2) is 72.8 Å². The molecule has 0 spiro atoms. The molecular formula is C23H19NO. The lowest BCUT2D eigenvalue weighted by molar-refractivity contribution is 0.0344. The number of anilines is 1. The number of nitrogens with zero attached hydrogens (tertiary/aromatic N) is 1. The minimum atomic E-state index is -0.0780. The molecule has 0 fully saturated rings. The first-order valence-electron chi connectivity index (χ1n) is 8.68. The molecule has 5 rings (SSSR count). The molecule has 3 aromatic rings. The van der Waals surface area contributed by atoms with E-state index in [9.17, 15) is 0 Å². The third kappa shape index (κ3) is 2.30. The number of para-hydroxylation sites is 1. The lowest BCUT2D eigenvalue weighted by atomic mass is 9.93. The van der Waals surface area contributed by atoms with Crippen molar-refractivity contribution in [3.63, 3.8) is 0 Å². The Morgan fingerprint density at radius 1 is 0.920 bits per heavy atom. The summed E-state index contributed by atoms with van der Waals surface area (Å²) in [5.41, 5.74) is 8.62. The van der Waals surface area contributed by atoms with Crippen LogP contribution in [0.2, 0.25) is 0 Å². The topological polar surface area (TPSA) is 12.5 Å². The molecule has 2 aliphatic heterocycles. The Balaban J connectivity index is 1.77. The Kier molecular flexibility index (Phi) is 3.25. The molecule has 0 aromatic heterocycles. The molecule has 0 radical (unpaired) electrons. The van der Waals surface area contributed by atoms with E-state index in [4.69, 9.17) is 4.74 Å². The summed E-state index contributed by atoms with van der Waals surface area (Å²) in [6.45, 7) is 2.78. The van der Waals surface area contributed by atoms with E-state index in [0.29, 0.717) is 6.61 Å². The first-order chi connectivity index (χ1) is 12.3. The minimum Gasteiger partial charge on any atom is -0.349 e. The van der Waals surface area contributed by atoms with Gasteiger partial charge < -0.3 is 9.64 Å². The molecular weight excluding hydrogens is 306 g/mol. The van der Waals surface area contributed by atoms with E-state index < -0.39 is 0 Å². The smallest absolute Gasteiger partial charge is 0.161 e. The number of ether oxygens (including phenoxy) is 1. The van der Waals surface area contributed by atoms with Gasteiger partial charge in [-0.3, -0.25) is 0 Å². The molecule has 0 amide bonds. The van der Waals surface area contributed by atoms with Crippen molar-refractivity contribution in [1.82, 2.24) is 0 Å². The Morgan fingerprint density at radius 3 is 2.60 bits per heavy atom. The van der Waals surface area contributed by atoms with E-state index in [1.807, 2.05) is 0 Å². The number of rotatable bonds is 1. The van der Waals surface area contributed by atoms with Crippen LogP contribution in [0, 0.1) is 6.92 Å². The van der Waals surface area contributed by atoms with E-state index in [1.54, 1.807) is 0 Å². The van der Waals surface area contributed by atoms with Crippen molar-refractivity contribution in [2.45, 2.75) is 19.8 Å². The van der Waals surface area contributed by atoms with Crippen molar-refractivity contribution in [2.24, 2.45) is 0 Å². The minimum absolute atomic E-state index is 0.0780. The number of benzene rings is 3. The lowest BCUT2D eigenvalue weighted by Crippen LogP contribution is -2.35. The van der Waals surface area contributed by atoms with Crippen molar-refractivity contribution >= 4 is 17.5 Å². The molecule has 2 heteroatoms. The summed E-state index contributed by atoms with van der Waals surface area (Å²) in [6, 6.07) is 25.7. The van der Waals surface area contributed by atoms with Crippen LogP contribution in [0.5, 0.6) is 0 Å². The summed E-state index contributed by atoms with van der Waals surface area (Å²) in [5.74, 6) is 0. The van der Waals surface area contributed by atoms with Crippen molar-refractivity contribution < 1.29 is 4.74 Å². The first kappa shape index (κ1) is 14.5. The molecule has 25 heavy (non-hydrogen) atoms. The van der Waals surface area contributed by atoms with E-state index in [1.165, 1.54) is 39.2 Å². The van der Waals surface area contributed by atoms with Gasteiger partial charge in [-0.25, -0.2) is 0 Å². The normalized spacial score (nSPS) is 18.0. The van der Waals surface area contributed by atoms with Crippen LogP contribution in [0.25, 0.3) is 11.8 Å². The second kappa shape index (κ2) is 5.61. The third-order valence-electron chi connectivity index (χ3n) is 5.01. The van der Waals surface area contributed by atoms with Gasteiger partial charge in [0.15, 0.2) is 6.23 Å². The fourth-order valence-corrected chi connectivity index (χ4v) is 3.81. The summed E-state index contributed by atoms with van der Waals surface area (Å²) < 4.78 is 6.31. The predicted octanol–water partition coefficient (Wildman–Crippen LogP) is 5.54. The predicted molar refractivity (Wildman–Crippen MR) is 102 cm³/mol. The molecule has 1 atom stereocenters. The molecule has 122 valence electrons. The highest BCUT2D eigenvalue weighted by Crippen LogP contribution is 2.46. The van der Waals surface area contributed by atoms with Crippen LogP contribution in [-0.2, 0) is 11.3 Å². The monoisotopic (exact) mass is 325 g/mol. The van der Waals surface area contributed by atoms with Gasteiger partial charge in [0.1, 0.15) is 0 Å². The zero-order valence-corrected chi connectivity index (χ0v) is 14.1. The standard InChI is InChI=1S/C23H19NO/c1-16-11-12-20-19(13-16)14-22(17-7-3-2-4-8-17)24-21-10-6-5-9-18(21)15-25-23(20)24/h2-14,23H,15H2,1H3. The summed E-state index contributed by atoms with van der Waals surface area (Å²) in [7, 11) is 0. The van der Waals surface area contributed by atoms with Crippen molar-refractivity contribution in [3.05, 3.63) is 101 Å². The van der Waals surface area contributed by atoms with Crippen molar-refractivity contribution in [1.29, 1.82) is 0 Å². The number of hydrogen-bond donors (Lipinski definition) is 0. The average Bonchev–Trinajstić information content (AvgIpc) is 2.67. The van der Waals surface area contributed by atoms with E-state index in [2.05, 4.69) is 90.7 Å². The summed E-state index contributed by atoms with van der Waals surface area (Å²) in [4.78, 5) is 2.34. The molecule has 2 aliphatic rings. The third-order valence-corrected chi connectivity index (χ3v) is 5.01. The molecule has 0 N–H and O–H groups in total. The number of aryl methyl sites for hydroxylation is 1. The maximum absolute atomic E-state index is 6.31. The van der Waals surface area contributed by atoms with Gasteiger partial charge in [0, 0.05) is 16.8 Å². The van der Waals surface area contributed by atoms with E-state index in [0.717, 1.165) is 0 Å². The average molecular weight is 325 g/mol. The SMILES string of the molecule is Cc1ccc2c(c1)C=C(c1ccccc1)N1c3ccccc3COC21. The van der Waals surface area contributed by atoms with Gasteiger partial charge in [-0.05, 0) is 30.2 Å². The molecule has 2 nitrogen and oxygen atoms in total. The molecule has 0 aliphatic carbocycles. The molecule has 2 heterocycles. The molecule has 0 saturated heterocycles. The first-order valence-corrected chi connectivity index (χ1v) is 8.68. The quantitative estimate of drug-likeness (QED) is 0.582. The van der Waals surface area contributed by atoms with Crippen LogP contribution in [0.4, 0.5) is 5.69 Å². The van der Waals surface area contributed by atoms with Crippen LogP contribution < -0.4 is 4.90 Å². The number of fused-ring (bicyclic) bond motifs is 5. The second-order valence-electron chi connectivity index (χ2n) is 6.69. The molecule has 1 unspecified atom stereocenters. The number of hydrogen-bond acceptors (Lipinski definition) is 2. The highest BCUT2D eigenvalue weighted by atomic mass is 16.5. The molecule has 3 aromatic carbocycles. The van der Waals surface area contributed by atoms with Gasteiger partial charge in [-0.1, -0.05) is 72.3 Å². The summed E-state index contributed by atoms with van der Waals surface area (Å²) in [5, 5.41) is 0. The highest BCUT2D eigenvalue weighted by molar-refractivity contribution is 5.94. The second-order valence-corrected chi connectivity index (χ2v) is 6.69. The van der Waals surface area contributed by atoms with Gasteiger partial charge in [0.2, 0.25) is 0 Å². The maximum atomic E-state index is 6.31. The molecule has 0 saturated carbocycles. The molecule has 0 bridgehead atoms. The Morgan fingerprint density at radius 2 is 1.72 bits per heavy atom. The van der Waals surface area contributed by atoms with Crippen molar-refractivity contribution in [3.8, 4) is 0 Å². The Bertz CT molecular complexity index is 974. The van der Waals surface area contributed by atoms with Crippen molar-refractivity contribution in [2.75, 3.05) is 4.90 Å². The zero-order valence-electron chi connectivity index (χ0n) is 14.1. The fourth-order valence-electron chi connectivity index (χ4n) is 3.81. The van der Waals surface area contributed by atoms with Gasteiger partial charge in [0.05, 0.1) is 12.3 Å². The Labute approximate surface area is 148 Å². The Hall–Kier alpha value is -2.84. The lowest BCUT2D eigenvalue weighted by Gasteiger charge is -2.43. The van der Waals surface area contributed by atoms with Crippen LogP contribution >= 0.6 is 0 Å². The van der Waals surface area contributed by atoms with Gasteiger partial charge in [-0.15, -0.1) is 0 Å². The van der Waals surface area contributed by atoms with Gasteiger partial charge >= 0.3 is 0 Å². The highest BCUT2D eigenvalue weighted by Gasteiger charge is 2.35. The fraction of sp³-hybridized carbons (Fsp3) is 0.130.